The Morgan fingerprint density at radius 2 is 2.00 bits per heavy atom. The molecule has 3 rings (SSSR count). The quantitative estimate of drug-likeness (QED) is 0.863. The lowest BCUT2D eigenvalue weighted by atomic mass is 10.0. The zero-order chi connectivity index (χ0) is 17.1. The van der Waals surface area contributed by atoms with E-state index in [2.05, 4.69) is 0 Å². The summed E-state index contributed by atoms with van der Waals surface area (Å²) < 4.78 is 24.1. The summed E-state index contributed by atoms with van der Waals surface area (Å²) in [5.74, 6) is 0.896. The summed E-state index contributed by atoms with van der Waals surface area (Å²) in [6, 6.07) is 10.0. The van der Waals surface area contributed by atoms with Gasteiger partial charge in [0.1, 0.15) is 17.3 Å². The molecule has 24 heavy (non-hydrogen) atoms. The van der Waals surface area contributed by atoms with E-state index < -0.39 is 0 Å². The van der Waals surface area contributed by atoms with Crippen molar-refractivity contribution in [1.29, 1.82) is 0 Å². The summed E-state index contributed by atoms with van der Waals surface area (Å²) in [5.41, 5.74) is 2.48. The van der Waals surface area contributed by atoms with Gasteiger partial charge in [-0.2, -0.15) is 0 Å². The number of hydrogen-bond donors (Lipinski definition) is 0. The van der Waals surface area contributed by atoms with Crippen LogP contribution in [0.3, 0.4) is 0 Å². The standard InChI is InChI=1S/C19H20FNO3/c1-23-16-8-6-14(18(12-16)24-2)10-19(22)21-9-3-4-13-5-7-15(20)11-17(13)21/h5-8,11-12H,3-4,9-10H2,1-2H3. The van der Waals surface area contributed by atoms with Gasteiger partial charge in [-0.1, -0.05) is 12.1 Å². The van der Waals surface area contributed by atoms with Crippen molar-refractivity contribution in [3.05, 3.63) is 53.3 Å². The van der Waals surface area contributed by atoms with Gasteiger partial charge in [0.15, 0.2) is 0 Å². The van der Waals surface area contributed by atoms with Gasteiger partial charge in [-0.3, -0.25) is 4.79 Å². The lowest BCUT2D eigenvalue weighted by Crippen LogP contribution is -2.36. The molecule has 0 spiro atoms. The number of aryl methyl sites for hydroxylation is 1. The third-order valence-electron chi connectivity index (χ3n) is 4.30. The van der Waals surface area contributed by atoms with Gasteiger partial charge in [0.25, 0.3) is 0 Å². The predicted octanol–water partition coefficient (Wildman–Crippen LogP) is 3.36. The van der Waals surface area contributed by atoms with Crippen LogP contribution < -0.4 is 14.4 Å². The van der Waals surface area contributed by atoms with Gasteiger partial charge in [-0.15, -0.1) is 0 Å². The molecule has 0 radical (unpaired) electrons. The molecule has 0 saturated heterocycles. The lowest BCUT2D eigenvalue weighted by molar-refractivity contribution is -0.118. The number of ether oxygens (including phenoxy) is 2. The molecule has 2 aromatic carbocycles. The Balaban J connectivity index is 1.85. The van der Waals surface area contributed by atoms with Crippen molar-refractivity contribution in [3.63, 3.8) is 0 Å². The average molecular weight is 329 g/mol. The fraction of sp³-hybridized carbons (Fsp3) is 0.316. The molecule has 2 aromatic rings. The van der Waals surface area contributed by atoms with E-state index in [9.17, 15) is 9.18 Å². The molecule has 0 bridgehead atoms. The van der Waals surface area contributed by atoms with Crippen molar-refractivity contribution >= 4 is 11.6 Å². The molecule has 0 aliphatic carbocycles. The number of carbonyl (C=O) groups excluding carboxylic acids is 1. The highest BCUT2D eigenvalue weighted by Gasteiger charge is 2.24. The fourth-order valence-electron chi connectivity index (χ4n) is 3.06. The zero-order valence-corrected chi connectivity index (χ0v) is 13.8. The normalized spacial score (nSPS) is 13.4. The zero-order valence-electron chi connectivity index (χ0n) is 13.8. The van der Waals surface area contributed by atoms with Crippen LogP contribution in [0.25, 0.3) is 0 Å². The Kier molecular flexibility index (Phi) is 4.69. The molecule has 0 N–H and O–H groups in total. The van der Waals surface area contributed by atoms with Crippen LogP contribution in [0.15, 0.2) is 36.4 Å². The predicted molar refractivity (Wildman–Crippen MR) is 90.3 cm³/mol. The molecule has 126 valence electrons. The maximum absolute atomic E-state index is 13.6. The molecule has 4 nitrogen and oxygen atoms in total. The van der Waals surface area contributed by atoms with Gasteiger partial charge < -0.3 is 14.4 Å². The summed E-state index contributed by atoms with van der Waals surface area (Å²) in [7, 11) is 3.15. The van der Waals surface area contributed by atoms with Gasteiger partial charge in [-0.25, -0.2) is 4.39 Å². The monoisotopic (exact) mass is 329 g/mol. The second kappa shape index (κ2) is 6.91. The minimum atomic E-state index is -0.324. The minimum absolute atomic E-state index is 0.0648. The van der Waals surface area contributed by atoms with Crippen LogP contribution in [0.2, 0.25) is 0 Å². The number of methoxy groups -OCH3 is 2. The third-order valence-corrected chi connectivity index (χ3v) is 4.30. The molecular formula is C19H20FNO3. The molecule has 1 aliphatic heterocycles. The Morgan fingerprint density at radius 1 is 1.17 bits per heavy atom. The number of rotatable bonds is 4. The van der Waals surface area contributed by atoms with Crippen LogP contribution in [0.1, 0.15) is 17.5 Å². The molecule has 5 heteroatoms. The molecule has 1 amide bonds. The van der Waals surface area contributed by atoms with Crippen LogP contribution in [0.5, 0.6) is 11.5 Å². The van der Waals surface area contributed by atoms with E-state index >= 15 is 0 Å². The van der Waals surface area contributed by atoms with E-state index in [4.69, 9.17) is 9.47 Å². The SMILES string of the molecule is COc1ccc(CC(=O)N2CCCc3ccc(F)cc32)c(OC)c1. The summed E-state index contributed by atoms with van der Waals surface area (Å²) in [6.45, 7) is 0.605. The maximum Gasteiger partial charge on any atom is 0.231 e. The van der Waals surface area contributed by atoms with Crippen LogP contribution in [0.4, 0.5) is 10.1 Å². The van der Waals surface area contributed by atoms with Crippen molar-refractivity contribution in [1.82, 2.24) is 0 Å². The highest BCUT2D eigenvalue weighted by molar-refractivity contribution is 5.96. The molecule has 0 atom stereocenters. The van der Waals surface area contributed by atoms with Crippen LogP contribution in [-0.2, 0) is 17.6 Å². The smallest absolute Gasteiger partial charge is 0.231 e. The first-order valence-electron chi connectivity index (χ1n) is 7.92. The molecular weight excluding hydrogens is 309 g/mol. The first kappa shape index (κ1) is 16.3. The number of nitrogens with zero attached hydrogens (tertiary/aromatic N) is 1. The Morgan fingerprint density at radius 3 is 2.75 bits per heavy atom. The number of anilines is 1. The summed E-state index contributed by atoms with van der Waals surface area (Å²) >= 11 is 0. The number of benzene rings is 2. The largest absolute Gasteiger partial charge is 0.497 e. The van der Waals surface area contributed by atoms with Gasteiger partial charge in [0.2, 0.25) is 5.91 Å². The van der Waals surface area contributed by atoms with E-state index in [0.29, 0.717) is 23.7 Å². The Labute approximate surface area is 140 Å². The average Bonchev–Trinajstić information content (AvgIpc) is 2.61. The first-order chi connectivity index (χ1) is 11.6. The van der Waals surface area contributed by atoms with Gasteiger partial charge in [0.05, 0.1) is 20.6 Å². The molecule has 1 heterocycles. The van der Waals surface area contributed by atoms with Crippen LogP contribution in [-0.4, -0.2) is 26.7 Å². The molecule has 0 fully saturated rings. The minimum Gasteiger partial charge on any atom is -0.497 e. The first-order valence-corrected chi connectivity index (χ1v) is 7.92. The summed E-state index contributed by atoms with van der Waals surface area (Å²) in [4.78, 5) is 14.5. The summed E-state index contributed by atoms with van der Waals surface area (Å²) in [5, 5.41) is 0. The van der Waals surface area contributed by atoms with Crippen molar-refractivity contribution in [3.8, 4) is 11.5 Å². The van der Waals surface area contributed by atoms with Crippen molar-refractivity contribution < 1.29 is 18.7 Å². The number of amides is 1. The van der Waals surface area contributed by atoms with E-state index in [1.807, 2.05) is 6.07 Å². The van der Waals surface area contributed by atoms with Gasteiger partial charge >= 0.3 is 0 Å². The Bertz CT molecular complexity index is 760. The van der Waals surface area contributed by atoms with Crippen molar-refractivity contribution in [2.24, 2.45) is 0 Å². The van der Waals surface area contributed by atoms with E-state index in [-0.39, 0.29) is 18.1 Å². The highest BCUT2D eigenvalue weighted by Crippen LogP contribution is 2.30. The van der Waals surface area contributed by atoms with Crippen LogP contribution in [0, 0.1) is 5.82 Å². The van der Waals surface area contributed by atoms with Gasteiger partial charge in [0, 0.05) is 23.9 Å². The van der Waals surface area contributed by atoms with Crippen molar-refractivity contribution in [2.45, 2.75) is 19.3 Å². The number of halogens is 1. The molecule has 0 unspecified atom stereocenters. The van der Waals surface area contributed by atoms with Gasteiger partial charge in [-0.05, 0) is 36.6 Å². The van der Waals surface area contributed by atoms with Crippen molar-refractivity contribution in [2.75, 3.05) is 25.7 Å². The second-order valence-corrected chi connectivity index (χ2v) is 5.78. The fourth-order valence-corrected chi connectivity index (χ4v) is 3.06. The molecule has 0 aromatic heterocycles. The van der Waals surface area contributed by atoms with E-state index in [0.717, 1.165) is 24.0 Å². The Hall–Kier alpha value is -2.56. The number of fused-ring (bicyclic) bond motifs is 1. The molecule has 0 saturated carbocycles. The second-order valence-electron chi connectivity index (χ2n) is 5.78. The summed E-state index contributed by atoms with van der Waals surface area (Å²) in [6.07, 6.45) is 1.94. The lowest BCUT2D eigenvalue weighted by Gasteiger charge is -2.29. The third kappa shape index (κ3) is 3.20. The van der Waals surface area contributed by atoms with E-state index in [1.165, 1.54) is 12.1 Å². The maximum atomic E-state index is 13.6. The highest BCUT2D eigenvalue weighted by atomic mass is 19.1. The van der Waals surface area contributed by atoms with E-state index in [1.54, 1.807) is 37.3 Å². The number of carbonyl (C=O) groups is 1. The molecule has 1 aliphatic rings. The van der Waals surface area contributed by atoms with Crippen LogP contribution >= 0.6 is 0 Å². The topological polar surface area (TPSA) is 38.8 Å². The number of hydrogen-bond acceptors (Lipinski definition) is 3.